The third-order valence-electron chi connectivity index (χ3n) is 5.60. The van der Waals surface area contributed by atoms with Gasteiger partial charge in [-0.15, -0.1) is 5.73 Å². The first-order chi connectivity index (χ1) is 18.0. The summed E-state index contributed by atoms with van der Waals surface area (Å²) < 4.78 is 0. The number of allylic oxidation sites excluding steroid dienone is 4. The highest BCUT2D eigenvalue weighted by Crippen LogP contribution is 2.29. The number of rotatable bonds is 7. The Balaban J connectivity index is 1.27. The van der Waals surface area contributed by atoms with Crippen molar-refractivity contribution in [1.29, 1.82) is 0 Å². The van der Waals surface area contributed by atoms with Crippen LogP contribution in [0.1, 0.15) is 10.4 Å². The number of anilines is 4. The maximum absolute atomic E-state index is 12.9. The van der Waals surface area contributed by atoms with Gasteiger partial charge < -0.3 is 16.0 Å². The second kappa shape index (κ2) is 10.4. The van der Waals surface area contributed by atoms with Gasteiger partial charge in [0.25, 0.3) is 11.6 Å². The molecule has 0 saturated heterocycles. The first-order valence-electron chi connectivity index (χ1n) is 11.4. The number of non-ortho nitro benzene ring substituents is 1. The van der Waals surface area contributed by atoms with E-state index in [1.807, 2.05) is 54.6 Å². The third-order valence-corrected chi connectivity index (χ3v) is 5.60. The van der Waals surface area contributed by atoms with Crippen LogP contribution in [0.15, 0.2) is 121 Å². The summed E-state index contributed by atoms with van der Waals surface area (Å²) >= 11 is 0. The number of fused-ring (bicyclic) bond motifs is 1. The highest BCUT2D eigenvalue weighted by molar-refractivity contribution is 6.05. The average molecular weight is 488 g/mol. The Morgan fingerprint density at radius 2 is 1.73 bits per heavy atom. The lowest BCUT2D eigenvalue weighted by molar-refractivity contribution is -0.384. The van der Waals surface area contributed by atoms with Crippen molar-refractivity contribution in [2.75, 3.05) is 16.0 Å². The molecule has 3 aromatic carbocycles. The molecular formula is C29H21N5O3. The summed E-state index contributed by atoms with van der Waals surface area (Å²) in [6.45, 7) is 0. The van der Waals surface area contributed by atoms with Crippen LogP contribution in [0.25, 0.3) is 10.9 Å². The van der Waals surface area contributed by atoms with Gasteiger partial charge in [0.15, 0.2) is 0 Å². The lowest BCUT2D eigenvalue weighted by Crippen LogP contribution is -2.12. The molecule has 0 saturated carbocycles. The molecule has 4 aromatic rings. The highest BCUT2D eigenvalue weighted by Gasteiger charge is 2.11. The summed E-state index contributed by atoms with van der Waals surface area (Å²) in [6, 6.07) is 20.8. The molecule has 8 heteroatoms. The molecule has 0 aliphatic heterocycles. The van der Waals surface area contributed by atoms with Crippen molar-refractivity contribution < 1.29 is 9.72 Å². The van der Waals surface area contributed by atoms with Crippen molar-refractivity contribution in [2.45, 2.75) is 0 Å². The number of pyridine rings is 1. The fourth-order valence-corrected chi connectivity index (χ4v) is 3.80. The molecule has 37 heavy (non-hydrogen) atoms. The number of hydrogen-bond acceptors (Lipinski definition) is 6. The van der Waals surface area contributed by atoms with Crippen LogP contribution >= 0.6 is 0 Å². The summed E-state index contributed by atoms with van der Waals surface area (Å²) in [6.07, 6.45) is 11.0. The number of carbonyl (C=O) groups is 1. The minimum atomic E-state index is -0.431. The molecule has 8 nitrogen and oxygen atoms in total. The van der Waals surface area contributed by atoms with E-state index in [4.69, 9.17) is 0 Å². The minimum Gasteiger partial charge on any atom is -0.355 e. The molecule has 1 amide bonds. The van der Waals surface area contributed by atoms with Crippen molar-refractivity contribution in [3.05, 3.63) is 136 Å². The monoisotopic (exact) mass is 487 g/mol. The number of amides is 1. The maximum atomic E-state index is 12.9. The zero-order valence-corrected chi connectivity index (χ0v) is 19.5. The van der Waals surface area contributed by atoms with Gasteiger partial charge in [0, 0.05) is 57.7 Å². The predicted molar refractivity (Wildman–Crippen MR) is 146 cm³/mol. The zero-order valence-electron chi connectivity index (χ0n) is 19.5. The van der Waals surface area contributed by atoms with Gasteiger partial charge in [0.1, 0.15) is 0 Å². The second-order valence-corrected chi connectivity index (χ2v) is 8.16. The van der Waals surface area contributed by atoms with Gasteiger partial charge in [0.2, 0.25) is 0 Å². The fourth-order valence-electron chi connectivity index (χ4n) is 3.80. The summed E-state index contributed by atoms with van der Waals surface area (Å²) in [4.78, 5) is 27.9. The smallest absolute Gasteiger partial charge is 0.270 e. The normalized spacial score (nSPS) is 12.1. The maximum Gasteiger partial charge on any atom is 0.270 e. The number of nitrogens with one attached hydrogen (secondary N) is 3. The van der Waals surface area contributed by atoms with Crippen LogP contribution in [0.3, 0.4) is 0 Å². The highest BCUT2D eigenvalue weighted by atomic mass is 16.6. The van der Waals surface area contributed by atoms with E-state index in [0.29, 0.717) is 27.8 Å². The Bertz CT molecular complexity index is 1630. The van der Waals surface area contributed by atoms with Gasteiger partial charge >= 0.3 is 0 Å². The van der Waals surface area contributed by atoms with Crippen LogP contribution in [0, 0.1) is 10.1 Å². The van der Waals surface area contributed by atoms with E-state index in [9.17, 15) is 14.9 Å². The first-order valence-corrected chi connectivity index (χ1v) is 11.4. The van der Waals surface area contributed by atoms with E-state index in [1.54, 1.807) is 42.6 Å². The number of nitro benzene ring substituents is 1. The van der Waals surface area contributed by atoms with Crippen molar-refractivity contribution in [3.8, 4) is 0 Å². The lowest BCUT2D eigenvalue weighted by atomic mass is 10.1. The van der Waals surface area contributed by atoms with Crippen LogP contribution in [-0.4, -0.2) is 15.8 Å². The van der Waals surface area contributed by atoms with Crippen molar-refractivity contribution >= 4 is 45.2 Å². The van der Waals surface area contributed by atoms with Gasteiger partial charge in [-0.05, 0) is 78.9 Å². The van der Waals surface area contributed by atoms with E-state index in [0.717, 1.165) is 17.1 Å². The quantitative estimate of drug-likeness (QED) is 0.152. The minimum absolute atomic E-state index is 0.00263. The molecule has 0 bridgehead atoms. The number of nitrogens with zero attached hydrogens (tertiary/aromatic N) is 2. The Labute approximate surface area is 212 Å². The second-order valence-electron chi connectivity index (χ2n) is 8.16. The van der Waals surface area contributed by atoms with Crippen LogP contribution in [0.5, 0.6) is 0 Å². The van der Waals surface area contributed by atoms with E-state index in [2.05, 4.69) is 26.7 Å². The Kier molecular flexibility index (Phi) is 6.57. The van der Waals surface area contributed by atoms with Gasteiger partial charge in [0.05, 0.1) is 10.4 Å². The Morgan fingerprint density at radius 1 is 0.892 bits per heavy atom. The average Bonchev–Trinajstić information content (AvgIpc) is 3.18. The lowest BCUT2D eigenvalue weighted by Gasteiger charge is -2.11. The van der Waals surface area contributed by atoms with Crippen LogP contribution in [0.4, 0.5) is 28.4 Å². The molecule has 3 N–H and O–H groups in total. The molecule has 1 aromatic heterocycles. The van der Waals surface area contributed by atoms with Crippen molar-refractivity contribution in [2.24, 2.45) is 0 Å². The largest absolute Gasteiger partial charge is 0.355 e. The number of benzene rings is 3. The van der Waals surface area contributed by atoms with E-state index >= 15 is 0 Å². The van der Waals surface area contributed by atoms with Crippen molar-refractivity contribution in [3.63, 3.8) is 0 Å². The van der Waals surface area contributed by atoms with Gasteiger partial charge in [-0.3, -0.25) is 19.9 Å². The first kappa shape index (κ1) is 23.3. The molecule has 0 spiro atoms. The van der Waals surface area contributed by atoms with E-state index < -0.39 is 4.92 Å². The van der Waals surface area contributed by atoms with Gasteiger partial charge in [-0.2, -0.15) is 0 Å². The van der Waals surface area contributed by atoms with Crippen LogP contribution < -0.4 is 16.0 Å². The Hall–Kier alpha value is -5.46. The molecular weight excluding hydrogens is 466 g/mol. The fraction of sp³-hybridized carbons (Fsp3) is 0. The van der Waals surface area contributed by atoms with Gasteiger partial charge in [-0.25, -0.2) is 0 Å². The third kappa shape index (κ3) is 5.62. The van der Waals surface area contributed by atoms with Crippen LogP contribution in [-0.2, 0) is 0 Å². The summed E-state index contributed by atoms with van der Waals surface area (Å²) in [5, 5.41) is 21.3. The molecule has 1 aliphatic carbocycles. The van der Waals surface area contributed by atoms with Crippen molar-refractivity contribution in [1.82, 2.24) is 4.98 Å². The summed E-state index contributed by atoms with van der Waals surface area (Å²) in [5.74, 6) is -0.233. The number of aromatic nitrogens is 1. The Morgan fingerprint density at radius 3 is 2.57 bits per heavy atom. The number of nitro groups is 1. The zero-order chi connectivity index (χ0) is 25.6. The number of hydrogen-bond donors (Lipinski definition) is 3. The molecule has 1 aliphatic rings. The van der Waals surface area contributed by atoms with E-state index in [-0.39, 0.29) is 11.6 Å². The topological polar surface area (TPSA) is 109 Å². The van der Waals surface area contributed by atoms with Crippen LogP contribution in [0.2, 0.25) is 0 Å². The predicted octanol–water partition coefficient (Wildman–Crippen LogP) is 6.72. The SMILES string of the molecule is O=C(Nc1ccc(Nc2ccnc3ccc([N+](=O)[O-])cc23)cc1)c1cccc(NC2=CC=C=CC=C2)c1. The van der Waals surface area contributed by atoms with E-state index in [1.165, 1.54) is 12.1 Å². The standard InChI is InChI=1S/C29H21N5O3/c35-29(20-6-5-9-24(18-20)31-21-7-3-1-2-4-8-21)33-23-12-10-22(11-13-23)32-28-16-17-30-27-15-14-25(34(36)37)19-26(27)28/h1,3-19,31H,(H,30,32)(H,33,35). The summed E-state index contributed by atoms with van der Waals surface area (Å²) in [7, 11) is 0. The molecule has 180 valence electrons. The van der Waals surface area contributed by atoms with Gasteiger partial charge in [-0.1, -0.05) is 12.1 Å². The molecule has 0 unspecified atom stereocenters. The molecule has 1 heterocycles. The molecule has 5 rings (SSSR count). The molecule has 0 fully saturated rings. The summed E-state index contributed by atoms with van der Waals surface area (Å²) in [5.41, 5.74) is 7.94. The molecule has 0 radical (unpaired) electrons. The number of carbonyl (C=O) groups excluding carboxylic acids is 1. The molecule has 0 atom stereocenters.